The highest BCUT2D eigenvalue weighted by Crippen LogP contribution is 2.18. The third-order valence-electron chi connectivity index (χ3n) is 3.32. The summed E-state index contributed by atoms with van der Waals surface area (Å²) < 4.78 is 26.0. The molecule has 0 aliphatic rings. The zero-order valence-corrected chi connectivity index (χ0v) is 13.6. The Kier molecular flexibility index (Phi) is 4.84. The summed E-state index contributed by atoms with van der Waals surface area (Å²) >= 11 is 0. The van der Waals surface area contributed by atoms with E-state index in [0.29, 0.717) is 16.8 Å². The second kappa shape index (κ2) is 6.65. The molecule has 23 heavy (non-hydrogen) atoms. The molecule has 0 aromatic heterocycles. The van der Waals surface area contributed by atoms with Crippen LogP contribution in [-0.4, -0.2) is 21.4 Å². The first-order valence-electron chi connectivity index (χ1n) is 6.79. The minimum Gasteiger partial charge on any atom is -0.322 e. The summed E-state index contributed by atoms with van der Waals surface area (Å²) in [5.74, 6) is 2.09. The maximum atomic E-state index is 12.4. The average molecular weight is 328 g/mol. The number of nitrogens with one attached hydrogen (secondary N) is 2. The summed E-state index contributed by atoms with van der Waals surface area (Å²) in [7, 11) is -2.29. The molecule has 2 aromatic rings. The van der Waals surface area contributed by atoms with Gasteiger partial charge in [-0.05, 0) is 49.9 Å². The number of anilines is 1. The van der Waals surface area contributed by atoms with Crippen LogP contribution >= 0.6 is 0 Å². The molecule has 5 nitrogen and oxygen atoms in total. The van der Waals surface area contributed by atoms with Crippen molar-refractivity contribution in [3.05, 3.63) is 59.2 Å². The maximum Gasteiger partial charge on any atom is 0.255 e. The van der Waals surface area contributed by atoms with Crippen LogP contribution in [0.25, 0.3) is 0 Å². The zero-order chi connectivity index (χ0) is 17.0. The number of benzene rings is 2. The van der Waals surface area contributed by atoms with Gasteiger partial charge in [0.25, 0.3) is 5.91 Å². The summed E-state index contributed by atoms with van der Waals surface area (Å²) in [6.45, 7) is 1.74. The third-order valence-corrected chi connectivity index (χ3v) is 4.73. The Morgan fingerprint density at radius 2 is 1.91 bits per heavy atom. The van der Waals surface area contributed by atoms with Crippen molar-refractivity contribution in [1.82, 2.24) is 4.72 Å². The Hall–Kier alpha value is -2.62. The molecule has 0 heterocycles. The van der Waals surface area contributed by atoms with E-state index in [2.05, 4.69) is 16.0 Å². The molecule has 0 saturated carbocycles. The van der Waals surface area contributed by atoms with Gasteiger partial charge in [0.2, 0.25) is 10.0 Å². The van der Waals surface area contributed by atoms with E-state index in [1.807, 2.05) is 0 Å². The summed E-state index contributed by atoms with van der Waals surface area (Å²) in [5.41, 5.74) is 2.15. The molecule has 2 aromatic carbocycles. The van der Waals surface area contributed by atoms with Crippen LogP contribution in [-0.2, 0) is 10.0 Å². The number of amides is 1. The predicted octanol–water partition coefficient (Wildman–Crippen LogP) is 2.14. The SMILES string of the molecule is C#Cc1cccc(NC(=O)c2cc(S(=O)(=O)NC)ccc2C)c1. The van der Waals surface area contributed by atoms with Crippen molar-refractivity contribution in [3.8, 4) is 12.3 Å². The van der Waals surface area contributed by atoms with E-state index >= 15 is 0 Å². The standard InChI is InChI=1S/C17H16N2O3S/c1-4-13-6-5-7-14(10-13)19-17(20)16-11-15(9-8-12(16)2)23(21,22)18-3/h1,5-11,18H,2-3H3,(H,19,20). The zero-order valence-electron chi connectivity index (χ0n) is 12.8. The topological polar surface area (TPSA) is 75.3 Å². The van der Waals surface area contributed by atoms with Crippen molar-refractivity contribution in [2.24, 2.45) is 0 Å². The van der Waals surface area contributed by atoms with Crippen molar-refractivity contribution >= 4 is 21.6 Å². The number of terminal acetylenes is 1. The van der Waals surface area contributed by atoms with Crippen molar-refractivity contribution in [2.45, 2.75) is 11.8 Å². The fourth-order valence-corrected chi connectivity index (χ4v) is 2.77. The molecule has 0 atom stereocenters. The molecule has 6 heteroatoms. The summed E-state index contributed by atoms with van der Waals surface area (Å²) in [5, 5.41) is 2.72. The van der Waals surface area contributed by atoms with Crippen LogP contribution in [0.3, 0.4) is 0 Å². The predicted molar refractivity (Wildman–Crippen MR) is 89.8 cm³/mol. The number of aryl methyl sites for hydroxylation is 1. The lowest BCUT2D eigenvalue weighted by atomic mass is 10.1. The minimum absolute atomic E-state index is 0.0353. The monoisotopic (exact) mass is 328 g/mol. The van der Waals surface area contributed by atoms with Gasteiger partial charge in [-0.3, -0.25) is 4.79 Å². The van der Waals surface area contributed by atoms with Crippen molar-refractivity contribution in [3.63, 3.8) is 0 Å². The molecule has 0 saturated heterocycles. The largest absolute Gasteiger partial charge is 0.322 e. The Bertz CT molecular complexity index is 896. The Morgan fingerprint density at radius 3 is 2.57 bits per heavy atom. The maximum absolute atomic E-state index is 12.4. The highest BCUT2D eigenvalue weighted by Gasteiger charge is 2.16. The quantitative estimate of drug-likeness (QED) is 0.844. The van der Waals surface area contributed by atoms with Gasteiger partial charge in [0, 0.05) is 16.8 Å². The molecule has 0 fully saturated rings. The molecule has 1 amide bonds. The van der Waals surface area contributed by atoms with Crippen molar-refractivity contribution in [1.29, 1.82) is 0 Å². The number of hydrogen-bond acceptors (Lipinski definition) is 3. The average Bonchev–Trinajstić information content (AvgIpc) is 2.55. The van der Waals surface area contributed by atoms with Crippen molar-refractivity contribution in [2.75, 3.05) is 12.4 Å². The molecule has 0 bridgehead atoms. The van der Waals surface area contributed by atoms with Crippen LogP contribution in [0.15, 0.2) is 47.4 Å². The first-order chi connectivity index (χ1) is 10.9. The van der Waals surface area contributed by atoms with Gasteiger partial charge in [0.15, 0.2) is 0 Å². The number of sulfonamides is 1. The number of hydrogen-bond donors (Lipinski definition) is 2. The highest BCUT2D eigenvalue weighted by atomic mass is 32.2. The lowest BCUT2D eigenvalue weighted by Crippen LogP contribution is -2.20. The van der Waals surface area contributed by atoms with E-state index in [0.717, 1.165) is 0 Å². The van der Waals surface area contributed by atoms with Gasteiger partial charge < -0.3 is 5.32 Å². The van der Waals surface area contributed by atoms with Gasteiger partial charge in [0.05, 0.1) is 4.90 Å². The minimum atomic E-state index is -3.61. The Labute approximate surface area is 135 Å². The molecular formula is C17H16N2O3S. The van der Waals surface area contributed by atoms with Crippen molar-refractivity contribution < 1.29 is 13.2 Å². The lowest BCUT2D eigenvalue weighted by molar-refractivity contribution is 0.102. The molecule has 2 rings (SSSR count). The van der Waals surface area contributed by atoms with Crippen LogP contribution in [0.2, 0.25) is 0 Å². The highest BCUT2D eigenvalue weighted by molar-refractivity contribution is 7.89. The van der Waals surface area contributed by atoms with E-state index in [4.69, 9.17) is 6.42 Å². The van der Waals surface area contributed by atoms with E-state index < -0.39 is 15.9 Å². The smallest absolute Gasteiger partial charge is 0.255 e. The van der Waals surface area contributed by atoms with E-state index in [1.54, 1.807) is 37.3 Å². The summed E-state index contributed by atoms with van der Waals surface area (Å²) in [6, 6.07) is 11.3. The second-order valence-corrected chi connectivity index (χ2v) is 6.75. The first kappa shape index (κ1) is 16.7. The Balaban J connectivity index is 2.36. The third kappa shape index (κ3) is 3.77. The molecule has 0 radical (unpaired) electrons. The molecule has 0 unspecified atom stereocenters. The van der Waals surface area contributed by atoms with Gasteiger partial charge in [-0.25, -0.2) is 13.1 Å². The summed E-state index contributed by atoms with van der Waals surface area (Å²) in [4.78, 5) is 12.5. The fraction of sp³-hybridized carbons (Fsp3) is 0.118. The van der Waals surface area contributed by atoms with Gasteiger partial charge in [-0.1, -0.05) is 18.1 Å². The van der Waals surface area contributed by atoms with E-state index in [1.165, 1.54) is 19.2 Å². The lowest BCUT2D eigenvalue weighted by Gasteiger charge is -2.10. The molecule has 118 valence electrons. The van der Waals surface area contributed by atoms with Gasteiger partial charge in [-0.15, -0.1) is 6.42 Å². The van der Waals surface area contributed by atoms with Gasteiger partial charge >= 0.3 is 0 Å². The molecule has 0 aliphatic heterocycles. The summed E-state index contributed by atoms with van der Waals surface area (Å²) in [6.07, 6.45) is 5.33. The van der Waals surface area contributed by atoms with Gasteiger partial charge in [-0.2, -0.15) is 0 Å². The molecule has 0 spiro atoms. The second-order valence-electron chi connectivity index (χ2n) is 4.86. The molecular weight excluding hydrogens is 312 g/mol. The molecule has 2 N–H and O–H groups in total. The number of carbonyl (C=O) groups is 1. The van der Waals surface area contributed by atoms with Crippen LogP contribution in [0, 0.1) is 19.3 Å². The fourth-order valence-electron chi connectivity index (χ4n) is 2.02. The molecule has 0 aliphatic carbocycles. The normalized spacial score (nSPS) is 10.8. The van der Waals surface area contributed by atoms with Crippen LogP contribution < -0.4 is 10.0 Å². The van der Waals surface area contributed by atoms with Crippen LogP contribution in [0.5, 0.6) is 0 Å². The van der Waals surface area contributed by atoms with Crippen LogP contribution in [0.4, 0.5) is 5.69 Å². The Morgan fingerprint density at radius 1 is 1.17 bits per heavy atom. The first-order valence-corrected chi connectivity index (χ1v) is 8.28. The van der Waals surface area contributed by atoms with Crippen LogP contribution in [0.1, 0.15) is 21.5 Å². The number of carbonyl (C=O) groups excluding carboxylic acids is 1. The number of rotatable bonds is 4. The van der Waals surface area contributed by atoms with Gasteiger partial charge in [0.1, 0.15) is 0 Å². The van der Waals surface area contributed by atoms with E-state index in [-0.39, 0.29) is 10.5 Å². The van der Waals surface area contributed by atoms with E-state index in [9.17, 15) is 13.2 Å².